The van der Waals surface area contributed by atoms with Gasteiger partial charge in [0.05, 0.1) is 5.69 Å². The smallest absolute Gasteiger partial charge is 0.108 e. The molecule has 0 amide bonds. The van der Waals surface area contributed by atoms with Crippen LogP contribution in [0.15, 0.2) is 36.5 Å². The maximum Gasteiger partial charge on any atom is 0.108 e. The van der Waals surface area contributed by atoms with Crippen LogP contribution in [0, 0.1) is 0 Å². The summed E-state index contributed by atoms with van der Waals surface area (Å²) in [6.45, 7) is 5.75. The number of rotatable bonds is 22. The lowest BCUT2D eigenvalue weighted by molar-refractivity contribution is 0.524. The number of hydrogen-bond donors (Lipinski definition) is 0. The molecule has 192 valence electrons. The molecule has 0 saturated heterocycles. The van der Waals surface area contributed by atoms with Crippen LogP contribution in [0.25, 0.3) is 0 Å². The van der Waals surface area contributed by atoms with Crippen LogP contribution < -0.4 is 0 Å². The van der Waals surface area contributed by atoms with Gasteiger partial charge in [-0.05, 0) is 37.7 Å². The lowest BCUT2D eigenvalue weighted by Crippen LogP contribution is -2.03. The van der Waals surface area contributed by atoms with E-state index in [-0.39, 0.29) is 0 Å². The first-order valence-electron chi connectivity index (χ1n) is 14.9. The third kappa shape index (κ3) is 13.4. The van der Waals surface area contributed by atoms with Crippen molar-refractivity contribution < 1.29 is 0 Å². The van der Waals surface area contributed by atoms with Gasteiger partial charge in [-0.2, -0.15) is 0 Å². The SMILES string of the molecule is CCCCCCCCCCCn1cc(CCCc2ccccc2)nc1CCCCCCCCC. The average Bonchev–Trinajstić information content (AvgIpc) is 3.24. The summed E-state index contributed by atoms with van der Waals surface area (Å²) in [7, 11) is 0. The molecule has 1 aromatic heterocycles. The van der Waals surface area contributed by atoms with Gasteiger partial charge in [-0.1, -0.05) is 134 Å². The second kappa shape index (κ2) is 19.7. The van der Waals surface area contributed by atoms with Gasteiger partial charge in [-0.15, -0.1) is 0 Å². The van der Waals surface area contributed by atoms with E-state index in [1.54, 1.807) is 0 Å². The number of hydrogen-bond acceptors (Lipinski definition) is 1. The molecular weight excluding hydrogens is 412 g/mol. The van der Waals surface area contributed by atoms with Gasteiger partial charge in [-0.25, -0.2) is 4.98 Å². The zero-order valence-electron chi connectivity index (χ0n) is 22.7. The van der Waals surface area contributed by atoms with Crippen molar-refractivity contribution in [3.05, 3.63) is 53.6 Å². The van der Waals surface area contributed by atoms with Crippen LogP contribution in [0.1, 0.15) is 140 Å². The van der Waals surface area contributed by atoms with Crippen LogP contribution in [-0.2, 0) is 25.8 Å². The van der Waals surface area contributed by atoms with E-state index in [2.05, 4.69) is 54.9 Å². The van der Waals surface area contributed by atoms with Crippen LogP contribution in [0.2, 0.25) is 0 Å². The predicted molar refractivity (Wildman–Crippen MR) is 150 cm³/mol. The zero-order valence-corrected chi connectivity index (χ0v) is 22.7. The first kappa shape index (κ1) is 28.7. The van der Waals surface area contributed by atoms with Crippen molar-refractivity contribution in [2.24, 2.45) is 0 Å². The lowest BCUT2D eigenvalue weighted by Gasteiger charge is -2.08. The molecular formula is C32H54N2. The van der Waals surface area contributed by atoms with E-state index in [9.17, 15) is 0 Å². The van der Waals surface area contributed by atoms with Gasteiger partial charge in [0.25, 0.3) is 0 Å². The fraction of sp³-hybridized carbons (Fsp3) is 0.719. The number of nitrogens with zero attached hydrogens (tertiary/aromatic N) is 2. The van der Waals surface area contributed by atoms with Crippen molar-refractivity contribution in [2.75, 3.05) is 0 Å². The van der Waals surface area contributed by atoms with E-state index in [1.165, 1.54) is 126 Å². The van der Waals surface area contributed by atoms with Crippen LogP contribution in [0.4, 0.5) is 0 Å². The lowest BCUT2D eigenvalue weighted by atomic mass is 10.1. The number of aryl methyl sites for hydroxylation is 4. The number of aromatic nitrogens is 2. The average molecular weight is 467 g/mol. The van der Waals surface area contributed by atoms with Crippen molar-refractivity contribution in [3.63, 3.8) is 0 Å². The normalized spacial score (nSPS) is 11.4. The Morgan fingerprint density at radius 1 is 0.559 bits per heavy atom. The van der Waals surface area contributed by atoms with Gasteiger partial charge in [0.1, 0.15) is 5.82 Å². The van der Waals surface area contributed by atoms with E-state index in [1.807, 2.05) is 0 Å². The molecule has 34 heavy (non-hydrogen) atoms. The number of benzene rings is 1. The Labute approximate surface area is 212 Å². The highest BCUT2D eigenvalue weighted by atomic mass is 15.1. The summed E-state index contributed by atoms with van der Waals surface area (Å²) in [6, 6.07) is 10.9. The molecule has 0 fully saturated rings. The Kier molecular flexibility index (Phi) is 16.6. The molecule has 0 saturated carbocycles. The van der Waals surface area contributed by atoms with Crippen LogP contribution in [-0.4, -0.2) is 9.55 Å². The Morgan fingerprint density at radius 2 is 1.12 bits per heavy atom. The number of unbranched alkanes of at least 4 members (excludes halogenated alkanes) is 14. The van der Waals surface area contributed by atoms with Crippen molar-refractivity contribution in [1.82, 2.24) is 9.55 Å². The van der Waals surface area contributed by atoms with Crippen molar-refractivity contribution in [1.29, 1.82) is 0 Å². The summed E-state index contributed by atoms with van der Waals surface area (Å²) in [6.07, 6.45) is 29.1. The number of imidazole rings is 1. The Bertz CT molecular complexity index is 703. The Hall–Kier alpha value is -1.57. The summed E-state index contributed by atoms with van der Waals surface area (Å²) in [5, 5.41) is 0. The zero-order chi connectivity index (χ0) is 24.1. The molecule has 0 N–H and O–H groups in total. The molecule has 0 unspecified atom stereocenters. The standard InChI is InChI=1S/C32H54N2/c1-3-5-7-9-11-12-14-16-21-28-34-29-31(26-22-25-30-23-18-17-19-24-30)33-32(34)27-20-15-13-10-8-6-4-2/h17-19,23-24,29H,3-16,20-22,25-28H2,1-2H3. The fourth-order valence-electron chi connectivity index (χ4n) is 4.98. The molecule has 0 atom stereocenters. The molecule has 2 aromatic rings. The third-order valence-electron chi connectivity index (χ3n) is 7.16. The van der Waals surface area contributed by atoms with Crippen LogP contribution in [0.5, 0.6) is 0 Å². The van der Waals surface area contributed by atoms with Crippen molar-refractivity contribution in [3.8, 4) is 0 Å². The quantitative estimate of drug-likeness (QED) is 0.158. The predicted octanol–water partition coefficient (Wildman–Crippen LogP) is 9.88. The van der Waals surface area contributed by atoms with Gasteiger partial charge in [0.15, 0.2) is 0 Å². The monoisotopic (exact) mass is 466 g/mol. The van der Waals surface area contributed by atoms with Gasteiger partial charge >= 0.3 is 0 Å². The third-order valence-corrected chi connectivity index (χ3v) is 7.16. The minimum atomic E-state index is 1.10. The molecule has 0 bridgehead atoms. The Morgan fingerprint density at radius 3 is 1.74 bits per heavy atom. The molecule has 2 rings (SSSR count). The van der Waals surface area contributed by atoms with E-state index in [0.717, 1.165) is 25.8 Å². The minimum Gasteiger partial charge on any atom is -0.335 e. The molecule has 1 aromatic carbocycles. The van der Waals surface area contributed by atoms with E-state index >= 15 is 0 Å². The first-order chi connectivity index (χ1) is 16.8. The summed E-state index contributed by atoms with van der Waals surface area (Å²) in [4.78, 5) is 5.11. The maximum absolute atomic E-state index is 5.11. The van der Waals surface area contributed by atoms with Gasteiger partial charge < -0.3 is 4.57 Å². The minimum absolute atomic E-state index is 1.10. The maximum atomic E-state index is 5.11. The summed E-state index contributed by atoms with van der Waals surface area (Å²) >= 11 is 0. The molecule has 0 aliphatic heterocycles. The molecule has 2 heteroatoms. The van der Waals surface area contributed by atoms with Crippen molar-refractivity contribution in [2.45, 2.75) is 149 Å². The largest absolute Gasteiger partial charge is 0.335 e. The van der Waals surface area contributed by atoms with Crippen molar-refractivity contribution >= 4 is 0 Å². The summed E-state index contributed by atoms with van der Waals surface area (Å²) < 4.78 is 2.51. The van der Waals surface area contributed by atoms with E-state index < -0.39 is 0 Å². The fourth-order valence-corrected chi connectivity index (χ4v) is 4.98. The highest BCUT2D eigenvalue weighted by molar-refractivity contribution is 5.15. The first-order valence-corrected chi connectivity index (χ1v) is 14.9. The van der Waals surface area contributed by atoms with Gasteiger partial charge in [0, 0.05) is 19.2 Å². The molecule has 0 aliphatic rings. The highest BCUT2D eigenvalue weighted by Crippen LogP contribution is 2.16. The topological polar surface area (TPSA) is 17.8 Å². The highest BCUT2D eigenvalue weighted by Gasteiger charge is 2.08. The van der Waals surface area contributed by atoms with Crippen LogP contribution in [0.3, 0.4) is 0 Å². The molecule has 2 nitrogen and oxygen atoms in total. The second-order valence-electron chi connectivity index (χ2n) is 10.4. The van der Waals surface area contributed by atoms with E-state index in [0.29, 0.717) is 0 Å². The van der Waals surface area contributed by atoms with E-state index in [4.69, 9.17) is 4.98 Å². The second-order valence-corrected chi connectivity index (χ2v) is 10.4. The van der Waals surface area contributed by atoms with Crippen LogP contribution >= 0.6 is 0 Å². The summed E-state index contributed by atoms with van der Waals surface area (Å²) in [5.74, 6) is 1.35. The van der Waals surface area contributed by atoms with Gasteiger partial charge in [0.2, 0.25) is 0 Å². The molecule has 1 heterocycles. The molecule has 0 aliphatic carbocycles. The Balaban J connectivity index is 1.73. The molecule has 0 spiro atoms. The molecule has 0 radical (unpaired) electrons. The van der Waals surface area contributed by atoms with Gasteiger partial charge in [-0.3, -0.25) is 0 Å². The summed E-state index contributed by atoms with van der Waals surface area (Å²) in [5.41, 5.74) is 2.75.